The lowest BCUT2D eigenvalue weighted by atomic mass is 10.1. The van der Waals surface area contributed by atoms with Gasteiger partial charge >= 0.3 is 0 Å². The van der Waals surface area contributed by atoms with Crippen molar-refractivity contribution in [2.75, 3.05) is 6.54 Å². The van der Waals surface area contributed by atoms with Crippen molar-refractivity contribution >= 4 is 10.0 Å². The Morgan fingerprint density at radius 1 is 1.26 bits per heavy atom. The van der Waals surface area contributed by atoms with Gasteiger partial charge in [0.15, 0.2) is 0 Å². The fourth-order valence-corrected chi connectivity index (χ4v) is 3.67. The van der Waals surface area contributed by atoms with Crippen molar-refractivity contribution < 1.29 is 8.42 Å². The quantitative estimate of drug-likeness (QED) is 0.625. The molecule has 1 aliphatic heterocycles. The van der Waals surface area contributed by atoms with Crippen molar-refractivity contribution in [2.45, 2.75) is 17.9 Å². The van der Waals surface area contributed by atoms with Crippen molar-refractivity contribution in [1.82, 2.24) is 4.31 Å². The number of sulfonamides is 1. The smallest absolute Gasteiger partial charge is 0.207 e. The van der Waals surface area contributed by atoms with Gasteiger partial charge in [0.1, 0.15) is 18.2 Å². The highest BCUT2D eigenvalue weighted by Crippen LogP contribution is 2.34. The van der Waals surface area contributed by atoms with Gasteiger partial charge in [0.2, 0.25) is 10.0 Å². The Balaban J connectivity index is 1.84. The molecule has 1 saturated heterocycles. The van der Waals surface area contributed by atoms with E-state index >= 15 is 0 Å². The van der Waals surface area contributed by atoms with Gasteiger partial charge in [-0.25, -0.2) is 8.42 Å². The molecule has 1 unspecified atom stereocenters. The molecule has 96 valence electrons. The SMILES string of the molecule is Cc1ccc(S(=O)(=O)N2C[C@@H]2C2=CC=C[C+]=C2)cc1. The molecule has 0 bridgehead atoms. The third kappa shape index (κ3) is 2.26. The van der Waals surface area contributed by atoms with Crippen LogP contribution < -0.4 is 0 Å². The molecular weight excluding hydrogens is 258 g/mol. The second kappa shape index (κ2) is 4.42. The highest BCUT2D eigenvalue weighted by atomic mass is 32.2. The van der Waals surface area contributed by atoms with E-state index < -0.39 is 10.0 Å². The summed E-state index contributed by atoms with van der Waals surface area (Å²) in [6.45, 7) is 2.49. The standard InChI is InChI=1S/C15H14NO2S/c1-12-7-9-14(10-8-12)19(17,18)16-11-15(16)13-5-3-2-4-6-13/h2-3,5-10,15H,11H2,1H3/q+1/t15-,16?/m1/s1. The van der Waals surface area contributed by atoms with E-state index in [1.807, 2.05) is 43.4 Å². The summed E-state index contributed by atoms with van der Waals surface area (Å²) >= 11 is 0. The number of rotatable bonds is 3. The zero-order chi connectivity index (χ0) is 13.5. The van der Waals surface area contributed by atoms with Crippen LogP contribution in [-0.4, -0.2) is 25.3 Å². The van der Waals surface area contributed by atoms with Gasteiger partial charge < -0.3 is 0 Å². The molecule has 1 aliphatic carbocycles. The average molecular weight is 272 g/mol. The summed E-state index contributed by atoms with van der Waals surface area (Å²) < 4.78 is 26.3. The van der Waals surface area contributed by atoms with Gasteiger partial charge in [0.05, 0.1) is 16.5 Å². The Morgan fingerprint density at radius 3 is 2.63 bits per heavy atom. The molecule has 0 N–H and O–H groups in total. The fraction of sp³-hybridized carbons (Fsp3) is 0.200. The number of benzene rings is 1. The molecule has 0 radical (unpaired) electrons. The lowest BCUT2D eigenvalue weighted by Crippen LogP contribution is -2.15. The predicted octanol–water partition coefficient (Wildman–Crippen LogP) is 2.22. The molecule has 3 nitrogen and oxygen atoms in total. The first-order chi connectivity index (χ1) is 9.09. The molecule has 19 heavy (non-hydrogen) atoms. The molecule has 0 saturated carbocycles. The van der Waals surface area contributed by atoms with Crippen LogP contribution >= 0.6 is 0 Å². The molecule has 1 fully saturated rings. The van der Waals surface area contributed by atoms with Gasteiger partial charge in [-0.2, -0.15) is 4.31 Å². The van der Waals surface area contributed by atoms with Crippen molar-refractivity contribution in [1.29, 1.82) is 0 Å². The summed E-state index contributed by atoms with van der Waals surface area (Å²) in [4.78, 5) is 0.362. The molecule has 4 heteroatoms. The minimum absolute atomic E-state index is 0.0382. The van der Waals surface area contributed by atoms with Crippen LogP contribution in [0.3, 0.4) is 0 Å². The summed E-state index contributed by atoms with van der Waals surface area (Å²) in [5.41, 5.74) is 2.05. The first-order valence-corrected chi connectivity index (χ1v) is 7.57. The third-order valence-corrected chi connectivity index (χ3v) is 5.20. The van der Waals surface area contributed by atoms with Crippen LogP contribution in [0.4, 0.5) is 0 Å². The second-order valence-electron chi connectivity index (χ2n) is 4.74. The van der Waals surface area contributed by atoms with E-state index in [0.717, 1.165) is 11.1 Å². The highest BCUT2D eigenvalue weighted by Gasteiger charge is 2.49. The zero-order valence-corrected chi connectivity index (χ0v) is 11.4. The van der Waals surface area contributed by atoms with E-state index in [0.29, 0.717) is 11.4 Å². The summed E-state index contributed by atoms with van der Waals surface area (Å²) in [5.74, 6) is 0. The average Bonchev–Trinajstić information content (AvgIpc) is 3.21. The molecule has 3 rings (SSSR count). The van der Waals surface area contributed by atoms with E-state index in [1.54, 1.807) is 12.1 Å². The first kappa shape index (κ1) is 12.3. The normalized spacial score (nSPS) is 24.8. The van der Waals surface area contributed by atoms with Gasteiger partial charge in [-0.1, -0.05) is 17.7 Å². The summed E-state index contributed by atoms with van der Waals surface area (Å²) in [7, 11) is -3.36. The largest absolute Gasteiger partial charge is 0.244 e. The predicted molar refractivity (Wildman–Crippen MR) is 73.9 cm³/mol. The zero-order valence-electron chi connectivity index (χ0n) is 10.6. The van der Waals surface area contributed by atoms with Gasteiger partial charge in [-0.3, -0.25) is 0 Å². The van der Waals surface area contributed by atoms with Crippen molar-refractivity contribution in [3.05, 3.63) is 65.8 Å². The Morgan fingerprint density at radius 2 is 2.00 bits per heavy atom. The van der Waals surface area contributed by atoms with Crippen LogP contribution in [0.25, 0.3) is 0 Å². The lowest BCUT2D eigenvalue weighted by Gasteiger charge is -2.05. The summed E-state index contributed by atoms with van der Waals surface area (Å²) in [6.07, 6.45) is 10.4. The van der Waals surface area contributed by atoms with E-state index in [4.69, 9.17) is 0 Å². The molecule has 1 aromatic carbocycles. The monoisotopic (exact) mass is 272 g/mol. The van der Waals surface area contributed by atoms with Crippen LogP contribution in [0.15, 0.2) is 59.0 Å². The summed E-state index contributed by atoms with van der Waals surface area (Å²) in [5, 5.41) is 0. The van der Waals surface area contributed by atoms with E-state index in [2.05, 4.69) is 6.08 Å². The molecule has 2 aliphatic rings. The van der Waals surface area contributed by atoms with E-state index in [9.17, 15) is 8.42 Å². The number of aryl methyl sites for hydroxylation is 1. The van der Waals surface area contributed by atoms with Gasteiger partial charge in [0.25, 0.3) is 0 Å². The lowest BCUT2D eigenvalue weighted by molar-refractivity contribution is 0.557. The second-order valence-corrected chi connectivity index (χ2v) is 6.63. The number of allylic oxidation sites excluding steroid dienone is 4. The topological polar surface area (TPSA) is 37.1 Å². The van der Waals surface area contributed by atoms with Gasteiger partial charge in [0, 0.05) is 18.7 Å². The molecular formula is C15H14NO2S+. The molecule has 1 heterocycles. The molecule has 0 aromatic heterocycles. The maximum Gasteiger partial charge on any atom is 0.244 e. The minimum atomic E-state index is -3.36. The number of hydrogen-bond donors (Lipinski definition) is 0. The molecule has 0 spiro atoms. The number of hydrogen-bond acceptors (Lipinski definition) is 2. The van der Waals surface area contributed by atoms with Crippen LogP contribution in [-0.2, 0) is 10.0 Å². The van der Waals surface area contributed by atoms with E-state index in [1.165, 1.54) is 4.31 Å². The van der Waals surface area contributed by atoms with Crippen molar-refractivity contribution in [3.63, 3.8) is 0 Å². The Labute approximate surface area is 113 Å². The Hall–Kier alpha value is -1.74. The molecule has 2 atom stereocenters. The Bertz CT molecular complexity index is 681. The maximum absolute atomic E-state index is 12.4. The minimum Gasteiger partial charge on any atom is -0.207 e. The fourth-order valence-electron chi connectivity index (χ4n) is 2.12. The van der Waals surface area contributed by atoms with Crippen molar-refractivity contribution in [2.24, 2.45) is 0 Å². The van der Waals surface area contributed by atoms with Crippen LogP contribution in [0.5, 0.6) is 0 Å². The first-order valence-electron chi connectivity index (χ1n) is 6.13. The number of nitrogens with zero attached hydrogens (tertiary/aromatic N) is 1. The van der Waals surface area contributed by atoms with E-state index in [-0.39, 0.29) is 6.04 Å². The summed E-state index contributed by atoms with van der Waals surface area (Å²) in [6, 6.07) is 6.93. The van der Waals surface area contributed by atoms with Gasteiger partial charge in [-0.15, -0.1) is 0 Å². The van der Waals surface area contributed by atoms with Crippen LogP contribution in [0.1, 0.15) is 5.56 Å². The van der Waals surface area contributed by atoms with Crippen LogP contribution in [0.2, 0.25) is 0 Å². The van der Waals surface area contributed by atoms with Gasteiger partial charge in [-0.05, 0) is 19.1 Å². The van der Waals surface area contributed by atoms with Crippen LogP contribution in [0, 0.1) is 13.0 Å². The molecule has 0 amide bonds. The maximum atomic E-state index is 12.4. The van der Waals surface area contributed by atoms with Crippen molar-refractivity contribution in [3.8, 4) is 0 Å². The third-order valence-electron chi connectivity index (χ3n) is 3.31. The highest BCUT2D eigenvalue weighted by molar-refractivity contribution is 7.89. The Kier molecular flexibility index (Phi) is 2.86. The molecule has 1 aromatic rings.